The van der Waals surface area contributed by atoms with Crippen molar-refractivity contribution in [2.75, 3.05) is 11.9 Å². The summed E-state index contributed by atoms with van der Waals surface area (Å²) in [6.07, 6.45) is 0.338. The Morgan fingerprint density at radius 2 is 1.63 bits per heavy atom. The number of halogens is 1. The number of carbonyl (C=O) groups excluding carboxylic acids is 1. The van der Waals surface area contributed by atoms with Gasteiger partial charge in [-0.25, -0.2) is 0 Å². The number of hydrogen-bond acceptors (Lipinski definition) is 3. The minimum Gasteiger partial charge on any atom is -0.494 e. The number of nitrogens with one attached hydrogen (secondary N) is 1. The maximum absolute atomic E-state index is 12.8. The number of Topliss-reactive ketones (excluding diaryl/α,β-unsaturated/α-hetero) is 1. The van der Waals surface area contributed by atoms with Gasteiger partial charge < -0.3 is 10.1 Å². The molecule has 3 aromatic rings. The Hall–Kier alpha value is -2.78. The molecule has 0 fully saturated rings. The van der Waals surface area contributed by atoms with Crippen LogP contribution < -0.4 is 10.1 Å². The zero-order valence-corrected chi connectivity index (χ0v) is 15.9. The van der Waals surface area contributed by atoms with E-state index in [1.165, 1.54) is 0 Å². The van der Waals surface area contributed by atoms with E-state index < -0.39 is 0 Å². The summed E-state index contributed by atoms with van der Waals surface area (Å²) in [6, 6.07) is 24.6. The molecule has 0 aromatic heterocycles. The maximum atomic E-state index is 12.8. The molecule has 0 aliphatic heterocycles. The Morgan fingerprint density at radius 3 is 2.26 bits per heavy atom. The van der Waals surface area contributed by atoms with E-state index in [4.69, 9.17) is 16.3 Å². The summed E-state index contributed by atoms with van der Waals surface area (Å²) < 4.78 is 5.52. The number of benzene rings is 3. The first-order chi connectivity index (χ1) is 13.2. The molecule has 4 heteroatoms. The van der Waals surface area contributed by atoms with Gasteiger partial charge in [-0.15, -0.1) is 0 Å². The summed E-state index contributed by atoms with van der Waals surface area (Å²) in [5, 5.41) is 4.09. The number of anilines is 1. The zero-order chi connectivity index (χ0) is 19.1. The molecule has 0 saturated carbocycles. The van der Waals surface area contributed by atoms with Crippen molar-refractivity contribution in [2.24, 2.45) is 0 Å². The molecule has 0 bridgehead atoms. The van der Waals surface area contributed by atoms with Crippen molar-refractivity contribution in [1.82, 2.24) is 0 Å². The van der Waals surface area contributed by atoms with Gasteiger partial charge >= 0.3 is 0 Å². The lowest BCUT2D eigenvalue weighted by molar-refractivity contribution is 0.0976. The van der Waals surface area contributed by atoms with Crippen LogP contribution in [-0.4, -0.2) is 12.4 Å². The minimum absolute atomic E-state index is 0.0639. The van der Waals surface area contributed by atoms with E-state index in [2.05, 4.69) is 5.32 Å². The van der Waals surface area contributed by atoms with Crippen molar-refractivity contribution < 1.29 is 9.53 Å². The first-order valence-electron chi connectivity index (χ1n) is 8.99. The predicted octanol–water partition coefficient (Wildman–Crippen LogP) is 6.16. The van der Waals surface area contributed by atoms with Gasteiger partial charge in [-0.1, -0.05) is 41.9 Å². The monoisotopic (exact) mass is 379 g/mol. The fourth-order valence-electron chi connectivity index (χ4n) is 2.89. The molecule has 3 nitrogen and oxygen atoms in total. The molecule has 0 amide bonds. The SMILES string of the molecule is CCOc1ccc(C(CC(=O)c2ccc(Cl)cc2)Nc2ccccc2)cc1. The number of rotatable bonds is 8. The smallest absolute Gasteiger partial charge is 0.165 e. The zero-order valence-electron chi connectivity index (χ0n) is 15.2. The van der Waals surface area contributed by atoms with E-state index in [9.17, 15) is 4.79 Å². The highest BCUT2D eigenvalue weighted by Gasteiger charge is 2.17. The van der Waals surface area contributed by atoms with Gasteiger partial charge in [-0.3, -0.25) is 4.79 Å². The van der Waals surface area contributed by atoms with Crippen molar-refractivity contribution in [3.05, 3.63) is 95.0 Å². The first kappa shape index (κ1) is 19.0. The van der Waals surface area contributed by atoms with Gasteiger partial charge in [0.1, 0.15) is 5.75 Å². The molecule has 1 unspecified atom stereocenters. The van der Waals surface area contributed by atoms with Crippen LogP contribution in [0, 0.1) is 0 Å². The van der Waals surface area contributed by atoms with Crippen molar-refractivity contribution in [1.29, 1.82) is 0 Å². The second-order valence-electron chi connectivity index (χ2n) is 6.20. The molecular formula is C23H22ClNO2. The second kappa shape index (κ2) is 9.24. The standard InChI is InChI=1S/C23H22ClNO2/c1-2-27-21-14-10-17(11-15-21)22(25-20-6-4-3-5-7-20)16-23(26)18-8-12-19(24)13-9-18/h3-15,22,25H,2,16H2,1H3. The number of ether oxygens (including phenoxy) is 1. The molecule has 0 spiro atoms. The maximum Gasteiger partial charge on any atom is 0.165 e. The van der Waals surface area contributed by atoms with Crippen LogP contribution in [0.1, 0.15) is 35.3 Å². The third-order valence-electron chi connectivity index (χ3n) is 4.26. The van der Waals surface area contributed by atoms with Crippen molar-refractivity contribution >= 4 is 23.1 Å². The molecule has 3 aromatic carbocycles. The number of para-hydroxylation sites is 1. The van der Waals surface area contributed by atoms with Crippen molar-refractivity contribution in [3.8, 4) is 5.75 Å². The Bertz CT molecular complexity index is 861. The van der Waals surface area contributed by atoms with Crippen molar-refractivity contribution in [3.63, 3.8) is 0 Å². The molecule has 0 radical (unpaired) electrons. The summed E-state index contributed by atoms with van der Waals surface area (Å²) in [7, 11) is 0. The van der Waals surface area contributed by atoms with Gasteiger partial charge in [0.15, 0.2) is 5.78 Å². The largest absolute Gasteiger partial charge is 0.494 e. The average Bonchev–Trinajstić information content (AvgIpc) is 2.69. The highest BCUT2D eigenvalue weighted by Crippen LogP contribution is 2.26. The van der Waals surface area contributed by atoms with E-state index in [1.807, 2.05) is 61.5 Å². The highest BCUT2D eigenvalue weighted by molar-refractivity contribution is 6.30. The average molecular weight is 380 g/mol. The fourth-order valence-corrected chi connectivity index (χ4v) is 3.02. The van der Waals surface area contributed by atoms with Gasteiger partial charge in [0.25, 0.3) is 0 Å². The Balaban J connectivity index is 1.82. The van der Waals surface area contributed by atoms with Crippen LogP contribution in [0.3, 0.4) is 0 Å². The van der Waals surface area contributed by atoms with Gasteiger partial charge in [0.2, 0.25) is 0 Å². The summed E-state index contributed by atoms with van der Waals surface area (Å²) >= 11 is 5.93. The summed E-state index contributed by atoms with van der Waals surface area (Å²) in [6.45, 7) is 2.58. The van der Waals surface area contributed by atoms with E-state index in [1.54, 1.807) is 24.3 Å². The Kier molecular flexibility index (Phi) is 6.50. The molecule has 0 heterocycles. The van der Waals surface area contributed by atoms with E-state index in [0.29, 0.717) is 23.6 Å². The number of carbonyl (C=O) groups is 1. The van der Waals surface area contributed by atoms with Crippen LogP contribution in [0.25, 0.3) is 0 Å². The van der Waals surface area contributed by atoms with Gasteiger partial charge in [-0.2, -0.15) is 0 Å². The molecule has 27 heavy (non-hydrogen) atoms. The van der Waals surface area contributed by atoms with Crippen LogP contribution >= 0.6 is 11.6 Å². The summed E-state index contributed by atoms with van der Waals surface area (Å²) in [5.41, 5.74) is 2.66. The molecule has 1 N–H and O–H groups in total. The van der Waals surface area contributed by atoms with E-state index in [0.717, 1.165) is 17.0 Å². The molecule has 138 valence electrons. The minimum atomic E-state index is -0.147. The van der Waals surface area contributed by atoms with Gasteiger partial charge in [-0.05, 0) is 61.0 Å². The third-order valence-corrected chi connectivity index (χ3v) is 4.52. The third kappa shape index (κ3) is 5.35. The molecule has 0 saturated heterocycles. The molecular weight excluding hydrogens is 358 g/mol. The Morgan fingerprint density at radius 1 is 0.963 bits per heavy atom. The first-order valence-corrected chi connectivity index (χ1v) is 9.36. The predicted molar refractivity (Wildman–Crippen MR) is 111 cm³/mol. The van der Waals surface area contributed by atoms with Gasteiger partial charge in [0.05, 0.1) is 12.6 Å². The van der Waals surface area contributed by atoms with Crippen LogP contribution in [0.4, 0.5) is 5.69 Å². The number of ketones is 1. The fraction of sp³-hybridized carbons (Fsp3) is 0.174. The topological polar surface area (TPSA) is 38.3 Å². The molecule has 3 rings (SSSR count). The lowest BCUT2D eigenvalue weighted by Gasteiger charge is -2.20. The number of hydrogen-bond donors (Lipinski definition) is 1. The quantitative estimate of drug-likeness (QED) is 0.476. The molecule has 0 aliphatic rings. The summed E-state index contributed by atoms with van der Waals surface area (Å²) in [4.78, 5) is 12.8. The van der Waals surface area contributed by atoms with Crippen LogP contribution in [-0.2, 0) is 0 Å². The molecule has 1 atom stereocenters. The Labute approximate surface area is 164 Å². The lowest BCUT2D eigenvalue weighted by atomic mass is 9.97. The van der Waals surface area contributed by atoms with Crippen molar-refractivity contribution in [2.45, 2.75) is 19.4 Å². The van der Waals surface area contributed by atoms with Crippen LogP contribution in [0.2, 0.25) is 5.02 Å². The van der Waals surface area contributed by atoms with Crippen LogP contribution in [0.15, 0.2) is 78.9 Å². The highest BCUT2D eigenvalue weighted by atomic mass is 35.5. The lowest BCUT2D eigenvalue weighted by Crippen LogP contribution is -2.16. The van der Waals surface area contributed by atoms with E-state index >= 15 is 0 Å². The summed E-state index contributed by atoms with van der Waals surface area (Å²) in [5.74, 6) is 0.887. The molecule has 0 aliphatic carbocycles. The normalized spacial score (nSPS) is 11.6. The van der Waals surface area contributed by atoms with Crippen LogP contribution in [0.5, 0.6) is 5.75 Å². The van der Waals surface area contributed by atoms with Gasteiger partial charge in [0, 0.05) is 22.7 Å². The second-order valence-corrected chi connectivity index (χ2v) is 6.64. The van der Waals surface area contributed by atoms with E-state index in [-0.39, 0.29) is 11.8 Å².